The van der Waals surface area contributed by atoms with Crippen molar-refractivity contribution in [3.63, 3.8) is 0 Å². The van der Waals surface area contributed by atoms with E-state index in [-0.39, 0.29) is 24.7 Å². The van der Waals surface area contributed by atoms with Gasteiger partial charge in [-0.1, -0.05) is 0 Å². The van der Waals surface area contributed by atoms with Crippen LogP contribution in [0.4, 0.5) is 0 Å². The molecule has 2 rings (SSSR count). The highest BCUT2D eigenvalue weighted by Gasteiger charge is 2.20. The molecule has 0 saturated heterocycles. The van der Waals surface area contributed by atoms with E-state index >= 15 is 0 Å². The first-order chi connectivity index (χ1) is 11.8. The maximum absolute atomic E-state index is 12.1. The van der Waals surface area contributed by atoms with Crippen LogP contribution in [0.25, 0.3) is 0 Å². The van der Waals surface area contributed by atoms with E-state index in [2.05, 4.69) is 20.8 Å². The molecular formula is C15H20N6O4. The van der Waals surface area contributed by atoms with Gasteiger partial charge in [0.05, 0.1) is 0 Å². The molecule has 0 aliphatic carbocycles. The van der Waals surface area contributed by atoms with Crippen LogP contribution in [0, 0.1) is 6.92 Å². The van der Waals surface area contributed by atoms with Crippen molar-refractivity contribution in [1.29, 1.82) is 0 Å². The molecular weight excluding hydrogens is 328 g/mol. The maximum atomic E-state index is 12.1. The summed E-state index contributed by atoms with van der Waals surface area (Å²) in [4.78, 5) is 35.1. The molecule has 2 heterocycles. The van der Waals surface area contributed by atoms with Gasteiger partial charge >= 0.3 is 5.97 Å². The summed E-state index contributed by atoms with van der Waals surface area (Å²) < 4.78 is 2.73. The van der Waals surface area contributed by atoms with E-state index in [0.717, 1.165) is 10.4 Å². The summed E-state index contributed by atoms with van der Waals surface area (Å²) in [7, 11) is 1.74. The van der Waals surface area contributed by atoms with Crippen molar-refractivity contribution in [1.82, 2.24) is 30.2 Å². The summed E-state index contributed by atoms with van der Waals surface area (Å²) in [6.07, 6.45) is 1.36. The van der Waals surface area contributed by atoms with E-state index in [1.165, 1.54) is 19.2 Å². The predicted octanol–water partition coefficient (Wildman–Crippen LogP) is -0.270. The quantitative estimate of drug-likeness (QED) is 0.590. The topological polar surface area (TPSA) is 131 Å². The number of aryl methyl sites for hydroxylation is 2. The standard InChI is InChI=1S/C15H20N6O4/c1-9-8-11(19-20(9)3)13(22)16-6-7-17-14(23)12-4-5-18-21(12)10(2)15(24)25/h4-5,8,10H,6-7H2,1-3H3,(H,16,22)(H,17,23)(H,24,25). The third-order valence-corrected chi connectivity index (χ3v) is 3.67. The minimum absolute atomic E-state index is 0.140. The van der Waals surface area contributed by atoms with Gasteiger partial charge in [0, 0.05) is 32.0 Å². The van der Waals surface area contributed by atoms with E-state index in [4.69, 9.17) is 5.11 Å². The van der Waals surface area contributed by atoms with Crippen LogP contribution in [-0.4, -0.2) is 55.5 Å². The molecule has 10 nitrogen and oxygen atoms in total. The summed E-state index contributed by atoms with van der Waals surface area (Å²) in [5, 5.41) is 22.2. The minimum Gasteiger partial charge on any atom is -0.480 e. The van der Waals surface area contributed by atoms with Crippen LogP contribution in [0.3, 0.4) is 0 Å². The fraction of sp³-hybridized carbons (Fsp3) is 0.400. The molecule has 0 aromatic carbocycles. The average Bonchev–Trinajstić information content (AvgIpc) is 3.17. The van der Waals surface area contributed by atoms with Crippen molar-refractivity contribution in [2.45, 2.75) is 19.9 Å². The van der Waals surface area contributed by atoms with Crippen LogP contribution in [0.5, 0.6) is 0 Å². The first-order valence-corrected chi connectivity index (χ1v) is 7.64. The number of hydrogen-bond donors (Lipinski definition) is 3. The summed E-state index contributed by atoms with van der Waals surface area (Å²) in [6, 6.07) is 2.15. The van der Waals surface area contributed by atoms with Gasteiger partial charge in [0.2, 0.25) is 0 Å². The average molecular weight is 348 g/mol. The molecule has 0 saturated carbocycles. The molecule has 0 aliphatic heterocycles. The predicted molar refractivity (Wildman–Crippen MR) is 87.2 cm³/mol. The Morgan fingerprint density at radius 3 is 2.44 bits per heavy atom. The lowest BCUT2D eigenvalue weighted by Gasteiger charge is -2.11. The molecule has 2 amide bonds. The van der Waals surface area contributed by atoms with Gasteiger partial charge in [-0.25, -0.2) is 9.48 Å². The normalized spacial score (nSPS) is 11.8. The van der Waals surface area contributed by atoms with Gasteiger partial charge in [-0.3, -0.25) is 14.3 Å². The van der Waals surface area contributed by atoms with E-state index in [1.54, 1.807) is 17.8 Å². The van der Waals surface area contributed by atoms with E-state index in [1.807, 2.05) is 6.92 Å². The zero-order valence-corrected chi connectivity index (χ0v) is 14.2. The van der Waals surface area contributed by atoms with E-state index < -0.39 is 17.9 Å². The first kappa shape index (κ1) is 18.2. The number of carboxylic acid groups (broad SMARTS) is 1. The fourth-order valence-corrected chi connectivity index (χ4v) is 2.11. The number of aliphatic carboxylic acids is 1. The van der Waals surface area contributed by atoms with Gasteiger partial charge < -0.3 is 15.7 Å². The van der Waals surface area contributed by atoms with Crippen molar-refractivity contribution in [3.05, 3.63) is 35.4 Å². The van der Waals surface area contributed by atoms with Crippen molar-refractivity contribution in [2.24, 2.45) is 7.05 Å². The molecule has 0 fully saturated rings. The van der Waals surface area contributed by atoms with E-state index in [9.17, 15) is 14.4 Å². The second kappa shape index (κ2) is 7.60. The Labute approximate surface area is 143 Å². The third-order valence-electron chi connectivity index (χ3n) is 3.67. The highest BCUT2D eigenvalue weighted by Crippen LogP contribution is 2.09. The highest BCUT2D eigenvalue weighted by molar-refractivity contribution is 5.93. The molecule has 0 radical (unpaired) electrons. The highest BCUT2D eigenvalue weighted by atomic mass is 16.4. The molecule has 0 aliphatic rings. The van der Waals surface area contributed by atoms with Crippen LogP contribution in [-0.2, 0) is 11.8 Å². The number of hydrogen-bond acceptors (Lipinski definition) is 5. The number of carbonyl (C=O) groups excluding carboxylic acids is 2. The number of rotatable bonds is 7. The smallest absolute Gasteiger partial charge is 0.328 e. The SMILES string of the molecule is Cc1cc(C(=O)NCCNC(=O)c2ccnn2C(C)C(=O)O)nn1C. The minimum atomic E-state index is -1.09. The molecule has 25 heavy (non-hydrogen) atoms. The van der Waals surface area contributed by atoms with Gasteiger partial charge in [0.25, 0.3) is 11.8 Å². The lowest BCUT2D eigenvalue weighted by Crippen LogP contribution is -2.36. The molecule has 0 spiro atoms. The molecule has 2 aromatic rings. The molecule has 3 N–H and O–H groups in total. The van der Waals surface area contributed by atoms with Crippen molar-refractivity contribution in [3.8, 4) is 0 Å². The Morgan fingerprint density at radius 1 is 1.24 bits per heavy atom. The number of nitrogens with one attached hydrogen (secondary N) is 2. The first-order valence-electron chi connectivity index (χ1n) is 7.64. The molecule has 2 aromatic heterocycles. The fourth-order valence-electron chi connectivity index (χ4n) is 2.11. The lowest BCUT2D eigenvalue weighted by atomic mass is 10.3. The number of amides is 2. The molecule has 10 heteroatoms. The number of aromatic nitrogens is 4. The zero-order valence-electron chi connectivity index (χ0n) is 14.2. The van der Waals surface area contributed by atoms with Crippen molar-refractivity contribution >= 4 is 17.8 Å². The Hall–Kier alpha value is -3.17. The van der Waals surface area contributed by atoms with E-state index in [0.29, 0.717) is 5.69 Å². The van der Waals surface area contributed by atoms with Gasteiger partial charge in [-0.05, 0) is 26.0 Å². The van der Waals surface area contributed by atoms with Crippen LogP contribution in [0.1, 0.15) is 39.6 Å². The van der Waals surface area contributed by atoms with Gasteiger partial charge in [-0.15, -0.1) is 0 Å². The van der Waals surface area contributed by atoms with Gasteiger partial charge in [0.1, 0.15) is 17.4 Å². The maximum Gasteiger partial charge on any atom is 0.328 e. The van der Waals surface area contributed by atoms with Crippen LogP contribution in [0.2, 0.25) is 0 Å². The van der Waals surface area contributed by atoms with Gasteiger partial charge in [-0.2, -0.15) is 10.2 Å². The third kappa shape index (κ3) is 4.22. The Kier molecular flexibility index (Phi) is 5.52. The van der Waals surface area contributed by atoms with Crippen molar-refractivity contribution < 1.29 is 19.5 Å². The van der Waals surface area contributed by atoms with Gasteiger partial charge in [0.15, 0.2) is 0 Å². The van der Waals surface area contributed by atoms with Crippen molar-refractivity contribution in [2.75, 3.05) is 13.1 Å². The molecule has 1 unspecified atom stereocenters. The van der Waals surface area contributed by atoms with Crippen LogP contribution >= 0.6 is 0 Å². The second-order valence-corrected chi connectivity index (χ2v) is 5.48. The zero-order chi connectivity index (χ0) is 18.6. The Balaban J connectivity index is 1.84. The van der Waals surface area contributed by atoms with Crippen LogP contribution in [0.15, 0.2) is 18.3 Å². The number of carboxylic acids is 1. The largest absolute Gasteiger partial charge is 0.480 e. The molecule has 0 bridgehead atoms. The second-order valence-electron chi connectivity index (χ2n) is 5.48. The molecule has 134 valence electrons. The monoisotopic (exact) mass is 348 g/mol. The number of nitrogens with zero attached hydrogens (tertiary/aromatic N) is 4. The Morgan fingerprint density at radius 2 is 1.88 bits per heavy atom. The molecule has 1 atom stereocenters. The summed E-state index contributed by atoms with van der Waals surface area (Å²) >= 11 is 0. The summed E-state index contributed by atoms with van der Waals surface area (Å²) in [5.41, 5.74) is 1.31. The number of carbonyl (C=O) groups is 3. The summed E-state index contributed by atoms with van der Waals surface area (Å²) in [6.45, 7) is 3.66. The summed E-state index contributed by atoms with van der Waals surface area (Å²) in [5.74, 6) is -1.88. The Bertz CT molecular complexity index is 774. The lowest BCUT2D eigenvalue weighted by molar-refractivity contribution is -0.140. The van der Waals surface area contributed by atoms with Crippen LogP contribution < -0.4 is 10.6 Å².